The normalized spacial score (nSPS) is 11.7. The first-order valence-electron chi connectivity index (χ1n) is 8.50. The number of nitrogens with two attached hydrogens (primary N) is 1. The van der Waals surface area contributed by atoms with Crippen LogP contribution in [0.15, 0.2) is 59.6 Å². The Morgan fingerprint density at radius 3 is 2.79 bits per heavy atom. The number of primary sulfonamides is 1. The molecule has 0 aliphatic carbocycles. The number of fused-ring (bicyclic) bond motifs is 1. The summed E-state index contributed by atoms with van der Waals surface area (Å²) in [6, 6.07) is 13.8. The van der Waals surface area contributed by atoms with Crippen molar-refractivity contribution in [3.05, 3.63) is 60.3 Å². The summed E-state index contributed by atoms with van der Waals surface area (Å²) in [5.41, 5.74) is 3.27. The van der Waals surface area contributed by atoms with E-state index in [0.29, 0.717) is 23.5 Å². The van der Waals surface area contributed by atoms with E-state index in [9.17, 15) is 8.42 Å². The van der Waals surface area contributed by atoms with Crippen molar-refractivity contribution in [3.8, 4) is 5.69 Å². The SMILES string of the molecule is COCc1cccc(-n2nnc3cnc(Nc4cccc(S(N)(=O)=O)c4)nc32)c1. The smallest absolute Gasteiger partial charge is 0.238 e. The van der Waals surface area contributed by atoms with Gasteiger partial charge in [0, 0.05) is 12.8 Å². The number of rotatable bonds is 6. The number of nitrogens with one attached hydrogen (secondary N) is 1. The first-order chi connectivity index (χ1) is 13.9. The van der Waals surface area contributed by atoms with Gasteiger partial charge in [0.1, 0.15) is 0 Å². The first kappa shape index (κ1) is 18.9. The van der Waals surface area contributed by atoms with Crippen LogP contribution < -0.4 is 10.5 Å². The van der Waals surface area contributed by atoms with E-state index >= 15 is 0 Å². The summed E-state index contributed by atoms with van der Waals surface area (Å²) >= 11 is 0. The lowest BCUT2D eigenvalue weighted by Gasteiger charge is -2.07. The summed E-state index contributed by atoms with van der Waals surface area (Å²) in [7, 11) is -2.18. The Morgan fingerprint density at radius 2 is 2.00 bits per heavy atom. The predicted molar refractivity (Wildman–Crippen MR) is 106 cm³/mol. The molecule has 0 atom stereocenters. The fourth-order valence-corrected chi connectivity index (χ4v) is 3.35. The monoisotopic (exact) mass is 411 g/mol. The Bertz CT molecular complexity index is 1290. The topological polar surface area (TPSA) is 138 Å². The first-order valence-corrected chi connectivity index (χ1v) is 10.1. The minimum Gasteiger partial charge on any atom is -0.380 e. The minimum atomic E-state index is -3.81. The fraction of sp³-hybridized carbons (Fsp3) is 0.111. The Morgan fingerprint density at radius 1 is 1.17 bits per heavy atom. The van der Waals surface area contributed by atoms with E-state index in [4.69, 9.17) is 9.88 Å². The van der Waals surface area contributed by atoms with E-state index in [1.165, 1.54) is 18.3 Å². The van der Waals surface area contributed by atoms with Crippen molar-refractivity contribution >= 4 is 32.8 Å². The number of ether oxygens (including phenoxy) is 1. The highest BCUT2D eigenvalue weighted by atomic mass is 32.2. The van der Waals surface area contributed by atoms with Gasteiger partial charge >= 0.3 is 0 Å². The molecule has 2 heterocycles. The quantitative estimate of drug-likeness (QED) is 0.489. The number of hydrogen-bond acceptors (Lipinski definition) is 8. The molecule has 0 unspecified atom stereocenters. The third-order valence-corrected chi connectivity index (χ3v) is 4.99. The van der Waals surface area contributed by atoms with Crippen molar-refractivity contribution in [3.63, 3.8) is 0 Å². The second-order valence-electron chi connectivity index (χ2n) is 6.20. The van der Waals surface area contributed by atoms with E-state index in [-0.39, 0.29) is 10.8 Å². The van der Waals surface area contributed by atoms with Crippen molar-refractivity contribution in [2.45, 2.75) is 11.5 Å². The van der Waals surface area contributed by atoms with Gasteiger partial charge in [0.25, 0.3) is 0 Å². The maximum atomic E-state index is 11.5. The highest BCUT2D eigenvalue weighted by Crippen LogP contribution is 2.20. The standard InChI is InChI=1S/C18H17N7O3S/c1-28-11-12-4-2-6-14(8-12)25-17-16(23-24-25)10-20-18(22-17)21-13-5-3-7-15(9-13)29(19,26)27/h2-10H,11H2,1H3,(H2,19,26,27)(H,20,21,22). The maximum absolute atomic E-state index is 11.5. The molecule has 10 nitrogen and oxygen atoms in total. The molecule has 0 amide bonds. The lowest BCUT2D eigenvalue weighted by atomic mass is 10.2. The van der Waals surface area contributed by atoms with Crippen LogP contribution in [0.3, 0.4) is 0 Å². The van der Waals surface area contributed by atoms with Crippen molar-refractivity contribution in [2.24, 2.45) is 5.14 Å². The molecule has 2 aromatic carbocycles. The van der Waals surface area contributed by atoms with Gasteiger partial charge in [0.05, 0.1) is 23.4 Å². The molecule has 3 N–H and O–H groups in total. The summed E-state index contributed by atoms with van der Waals surface area (Å²) in [5, 5.41) is 16.4. The second kappa shape index (κ2) is 7.54. The van der Waals surface area contributed by atoms with Crippen LogP contribution in [0.1, 0.15) is 5.56 Å². The van der Waals surface area contributed by atoms with Gasteiger partial charge in [0.15, 0.2) is 11.2 Å². The molecule has 2 aromatic heterocycles. The Balaban J connectivity index is 1.70. The van der Waals surface area contributed by atoms with Crippen molar-refractivity contribution in [1.82, 2.24) is 25.0 Å². The molecule has 148 valence electrons. The lowest BCUT2D eigenvalue weighted by molar-refractivity contribution is 0.185. The lowest BCUT2D eigenvalue weighted by Crippen LogP contribution is -2.12. The van der Waals surface area contributed by atoms with Crippen LogP contribution in [0, 0.1) is 0 Å². The largest absolute Gasteiger partial charge is 0.380 e. The van der Waals surface area contributed by atoms with Gasteiger partial charge < -0.3 is 10.1 Å². The van der Waals surface area contributed by atoms with Crippen LogP contribution in [0.4, 0.5) is 11.6 Å². The van der Waals surface area contributed by atoms with E-state index in [1.54, 1.807) is 23.9 Å². The van der Waals surface area contributed by atoms with Gasteiger partial charge in [-0.2, -0.15) is 9.67 Å². The minimum absolute atomic E-state index is 0.00903. The number of sulfonamides is 1. The van der Waals surface area contributed by atoms with Crippen LogP contribution in [-0.2, 0) is 21.4 Å². The molecule has 4 aromatic rings. The second-order valence-corrected chi connectivity index (χ2v) is 7.77. The maximum Gasteiger partial charge on any atom is 0.238 e. The van der Waals surface area contributed by atoms with E-state index in [2.05, 4.69) is 25.6 Å². The fourth-order valence-electron chi connectivity index (χ4n) is 2.79. The van der Waals surface area contributed by atoms with Gasteiger partial charge in [-0.3, -0.25) is 0 Å². The predicted octanol–water partition coefficient (Wildman–Crippen LogP) is 1.75. The summed E-state index contributed by atoms with van der Waals surface area (Å²) in [4.78, 5) is 8.68. The molecular weight excluding hydrogens is 394 g/mol. The van der Waals surface area contributed by atoms with Crippen LogP contribution in [0.25, 0.3) is 16.9 Å². The third-order valence-electron chi connectivity index (χ3n) is 4.08. The number of methoxy groups -OCH3 is 1. The van der Waals surface area contributed by atoms with Crippen LogP contribution in [-0.4, -0.2) is 40.5 Å². The Hall–Kier alpha value is -3.41. The molecular formula is C18H17N7O3S. The van der Waals surface area contributed by atoms with Crippen molar-refractivity contribution < 1.29 is 13.2 Å². The molecule has 0 fully saturated rings. The number of aromatic nitrogens is 5. The zero-order valence-electron chi connectivity index (χ0n) is 15.3. The molecule has 0 bridgehead atoms. The average Bonchev–Trinajstić information content (AvgIpc) is 3.11. The Labute approximate surface area is 166 Å². The van der Waals surface area contributed by atoms with Gasteiger partial charge in [-0.15, -0.1) is 5.10 Å². The zero-order chi connectivity index (χ0) is 20.4. The third kappa shape index (κ3) is 4.06. The van der Waals surface area contributed by atoms with Crippen LogP contribution in [0.2, 0.25) is 0 Å². The molecule has 11 heteroatoms. The highest BCUT2D eigenvalue weighted by Gasteiger charge is 2.12. The average molecular weight is 411 g/mol. The van der Waals surface area contributed by atoms with E-state index in [1.807, 2.05) is 24.3 Å². The molecule has 0 saturated heterocycles. The Kier molecular flexibility index (Phi) is 4.92. The van der Waals surface area contributed by atoms with Crippen molar-refractivity contribution in [2.75, 3.05) is 12.4 Å². The van der Waals surface area contributed by atoms with Crippen LogP contribution >= 0.6 is 0 Å². The molecule has 0 aliphatic heterocycles. The van der Waals surface area contributed by atoms with Gasteiger partial charge in [-0.25, -0.2) is 18.5 Å². The highest BCUT2D eigenvalue weighted by molar-refractivity contribution is 7.89. The van der Waals surface area contributed by atoms with Crippen LogP contribution in [0.5, 0.6) is 0 Å². The van der Waals surface area contributed by atoms with Gasteiger partial charge in [0.2, 0.25) is 16.0 Å². The van der Waals surface area contributed by atoms with E-state index < -0.39 is 10.0 Å². The number of benzene rings is 2. The zero-order valence-corrected chi connectivity index (χ0v) is 16.2. The van der Waals surface area contributed by atoms with E-state index in [0.717, 1.165) is 11.3 Å². The molecule has 4 rings (SSSR count). The number of anilines is 2. The summed E-state index contributed by atoms with van der Waals surface area (Å²) in [6.07, 6.45) is 1.54. The van der Waals surface area contributed by atoms with Gasteiger partial charge in [-0.05, 0) is 35.9 Å². The summed E-state index contributed by atoms with van der Waals surface area (Å²) in [5.74, 6) is 0.265. The van der Waals surface area contributed by atoms with Crippen molar-refractivity contribution in [1.29, 1.82) is 0 Å². The molecule has 0 spiro atoms. The molecule has 29 heavy (non-hydrogen) atoms. The molecule has 0 radical (unpaired) electrons. The van der Waals surface area contributed by atoms with Gasteiger partial charge in [-0.1, -0.05) is 23.4 Å². The summed E-state index contributed by atoms with van der Waals surface area (Å²) in [6.45, 7) is 0.475. The number of hydrogen-bond donors (Lipinski definition) is 2. The molecule has 0 saturated carbocycles. The molecule has 0 aliphatic rings. The summed E-state index contributed by atoms with van der Waals surface area (Å²) < 4.78 is 29.9. The number of nitrogens with zero attached hydrogens (tertiary/aromatic N) is 5.